The lowest BCUT2D eigenvalue weighted by Crippen LogP contribution is -2.21. The molecule has 0 heterocycles. The summed E-state index contributed by atoms with van der Waals surface area (Å²) >= 11 is 2.89. The summed E-state index contributed by atoms with van der Waals surface area (Å²) in [7, 11) is 0. The topological polar surface area (TPSA) is 64.6 Å². The summed E-state index contributed by atoms with van der Waals surface area (Å²) < 4.78 is 59.7. The molecule has 0 saturated heterocycles. The Bertz CT molecular complexity index is 809. The minimum absolute atomic E-state index is 0.0356. The highest BCUT2D eigenvalue weighted by molar-refractivity contribution is 9.10. The highest BCUT2D eigenvalue weighted by Gasteiger charge is 2.16. The third-order valence-electron chi connectivity index (χ3n) is 2.90. The lowest BCUT2D eigenvalue weighted by molar-refractivity contribution is -0.119. The van der Waals surface area contributed by atoms with Crippen molar-refractivity contribution in [2.45, 2.75) is 6.61 Å². The van der Waals surface area contributed by atoms with Crippen LogP contribution in [0.3, 0.4) is 0 Å². The second kappa shape index (κ2) is 8.65. The van der Waals surface area contributed by atoms with Gasteiger partial charge in [0.25, 0.3) is 5.91 Å². The fraction of sp³-hybridized carbons (Fsp3) is 0.125. The highest BCUT2D eigenvalue weighted by atomic mass is 79.9. The maximum absolute atomic E-state index is 13.6. The summed E-state index contributed by atoms with van der Waals surface area (Å²) in [5.41, 5.74) is -0.440. The van der Waals surface area contributed by atoms with Crippen LogP contribution in [-0.2, 0) is 9.53 Å². The molecule has 138 valence electrons. The Morgan fingerprint density at radius 1 is 1.15 bits per heavy atom. The molecule has 0 aromatic heterocycles. The van der Waals surface area contributed by atoms with E-state index in [9.17, 15) is 27.2 Å². The molecule has 0 atom stereocenters. The summed E-state index contributed by atoms with van der Waals surface area (Å²) in [4.78, 5) is 23.6. The summed E-state index contributed by atoms with van der Waals surface area (Å²) in [6.07, 6.45) is 0. The van der Waals surface area contributed by atoms with Gasteiger partial charge in [0.1, 0.15) is 11.6 Å². The van der Waals surface area contributed by atoms with E-state index in [0.717, 1.165) is 12.1 Å². The van der Waals surface area contributed by atoms with Gasteiger partial charge in [0.2, 0.25) is 0 Å². The molecule has 0 unspecified atom stereocenters. The second-order valence-electron chi connectivity index (χ2n) is 4.78. The van der Waals surface area contributed by atoms with Gasteiger partial charge in [-0.15, -0.1) is 0 Å². The summed E-state index contributed by atoms with van der Waals surface area (Å²) in [6, 6.07) is 6.31. The fourth-order valence-corrected chi connectivity index (χ4v) is 2.36. The van der Waals surface area contributed by atoms with E-state index in [4.69, 9.17) is 4.74 Å². The first-order chi connectivity index (χ1) is 12.3. The normalized spacial score (nSPS) is 10.5. The molecule has 0 fully saturated rings. The van der Waals surface area contributed by atoms with Crippen molar-refractivity contribution in [3.05, 3.63) is 58.1 Å². The molecule has 2 aromatic rings. The Labute approximate surface area is 153 Å². The van der Waals surface area contributed by atoms with E-state index in [0.29, 0.717) is 6.07 Å². The largest absolute Gasteiger partial charge is 0.452 e. The number of hydrogen-bond donors (Lipinski definition) is 1. The van der Waals surface area contributed by atoms with Crippen molar-refractivity contribution in [3.8, 4) is 5.75 Å². The van der Waals surface area contributed by atoms with Gasteiger partial charge in [-0.2, -0.15) is 8.78 Å². The highest BCUT2D eigenvalue weighted by Crippen LogP contribution is 2.26. The van der Waals surface area contributed by atoms with Gasteiger partial charge in [-0.05, 0) is 40.2 Å². The Kier molecular flexibility index (Phi) is 6.56. The summed E-state index contributed by atoms with van der Waals surface area (Å²) in [6.45, 7) is -3.83. The number of carbonyl (C=O) groups is 2. The zero-order chi connectivity index (χ0) is 19.3. The predicted molar refractivity (Wildman–Crippen MR) is 86.0 cm³/mol. The van der Waals surface area contributed by atoms with Crippen LogP contribution in [-0.4, -0.2) is 25.1 Å². The molecule has 0 aliphatic rings. The van der Waals surface area contributed by atoms with E-state index in [1.165, 1.54) is 18.2 Å². The second-order valence-corrected chi connectivity index (χ2v) is 5.63. The van der Waals surface area contributed by atoms with Gasteiger partial charge in [0.15, 0.2) is 12.4 Å². The molecule has 1 amide bonds. The number of nitrogens with one attached hydrogen (secondary N) is 1. The molecule has 0 saturated carbocycles. The number of esters is 1. The van der Waals surface area contributed by atoms with Crippen molar-refractivity contribution in [1.29, 1.82) is 0 Å². The first kappa shape index (κ1) is 19.7. The number of benzene rings is 2. The van der Waals surface area contributed by atoms with Gasteiger partial charge in [0, 0.05) is 10.5 Å². The zero-order valence-corrected chi connectivity index (χ0v) is 14.4. The third-order valence-corrected chi connectivity index (χ3v) is 3.53. The standard InChI is InChI=1S/C16H10BrF4NO4/c17-11-5-9(18)6-12(19)14(11)22-13(23)7-25-15(24)8-2-1-3-10(4-8)26-16(20)21/h1-6,16H,7H2,(H,22,23). The lowest BCUT2D eigenvalue weighted by atomic mass is 10.2. The summed E-state index contributed by atoms with van der Waals surface area (Å²) in [5, 5.41) is 2.12. The van der Waals surface area contributed by atoms with E-state index < -0.39 is 36.7 Å². The van der Waals surface area contributed by atoms with Crippen LogP contribution in [0.15, 0.2) is 40.9 Å². The average Bonchev–Trinajstić information content (AvgIpc) is 2.55. The van der Waals surface area contributed by atoms with Crippen LogP contribution in [0.2, 0.25) is 0 Å². The van der Waals surface area contributed by atoms with Crippen molar-refractivity contribution in [1.82, 2.24) is 0 Å². The van der Waals surface area contributed by atoms with Gasteiger partial charge in [-0.3, -0.25) is 4.79 Å². The van der Waals surface area contributed by atoms with Crippen molar-refractivity contribution < 1.29 is 36.6 Å². The maximum Gasteiger partial charge on any atom is 0.387 e. The van der Waals surface area contributed by atoms with Crippen molar-refractivity contribution in [2.24, 2.45) is 0 Å². The van der Waals surface area contributed by atoms with Crippen LogP contribution >= 0.6 is 15.9 Å². The Hall–Kier alpha value is -2.62. The number of halogens is 5. The molecule has 0 aliphatic carbocycles. The van der Waals surface area contributed by atoms with Crippen LogP contribution < -0.4 is 10.1 Å². The number of rotatable bonds is 6. The maximum atomic E-state index is 13.6. The van der Waals surface area contributed by atoms with E-state index in [2.05, 4.69) is 26.0 Å². The number of anilines is 1. The molecule has 0 spiro atoms. The number of hydrogen-bond acceptors (Lipinski definition) is 4. The van der Waals surface area contributed by atoms with Crippen LogP contribution in [0.4, 0.5) is 23.2 Å². The van der Waals surface area contributed by atoms with Gasteiger partial charge >= 0.3 is 12.6 Å². The van der Waals surface area contributed by atoms with Crippen LogP contribution in [0.5, 0.6) is 5.75 Å². The van der Waals surface area contributed by atoms with Gasteiger partial charge in [-0.25, -0.2) is 13.6 Å². The predicted octanol–water partition coefficient (Wildman–Crippen LogP) is 4.12. The minimum atomic E-state index is -3.06. The van der Waals surface area contributed by atoms with E-state index >= 15 is 0 Å². The third kappa shape index (κ3) is 5.45. The Balaban J connectivity index is 1.96. The first-order valence-corrected chi connectivity index (χ1v) is 7.72. The number of carbonyl (C=O) groups excluding carboxylic acids is 2. The van der Waals surface area contributed by atoms with E-state index in [1.54, 1.807) is 0 Å². The molecule has 0 bridgehead atoms. The molecule has 1 N–H and O–H groups in total. The molecule has 5 nitrogen and oxygen atoms in total. The molecule has 26 heavy (non-hydrogen) atoms. The van der Waals surface area contributed by atoms with Crippen molar-refractivity contribution >= 4 is 33.5 Å². The zero-order valence-electron chi connectivity index (χ0n) is 12.8. The van der Waals surface area contributed by atoms with Crippen LogP contribution in [0.25, 0.3) is 0 Å². The van der Waals surface area contributed by atoms with Gasteiger partial charge in [0.05, 0.1) is 11.3 Å². The SMILES string of the molecule is O=C(COC(=O)c1cccc(OC(F)F)c1)Nc1c(F)cc(F)cc1Br. The monoisotopic (exact) mass is 435 g/mol. The average molecular weight is 436 g/mol. The smallest absolute Gasteiger partial charge is 0.387 e. The number of amides is 1. The fourth-order valence-electron chi connectivity index (χ4n) is 1.85. The lowest BCUT2D eigenvalue weighted by Gasteiger charge is -2.10. The van der Waals surface area contributed by atoms with Gasteiger partial charge in [-0.1, -0.05) is 6.07 Å². The van der Waals surface area contributed by atoms with Crippen molar-refractivity contribution in [2.75, 3.05) is 11.9 Å². The molecule has 10 heteroatoms. The molecule has 2 aromatic carbocycles. The molecular weight excluding hydrogens is 426 g/mol. The first-order valence-electron chi connectivity index (χ1n) is 6.92. The molecular formula is C16H10BrF4NO4. The van der Waals surface area contributed by atoms with Gasteiger partial charge < -0.3 is 14.8 Å². The minimum Gasteiger partial charge on any atom is -0.452 e. The van der Waals surface area contributed by atoms with Crippen molar-refractivity contribution in [3.63, 3.8) is 0 Å². The van der Waals surface area contributed by atoms with Crippen LogP contribution in [0.1, 0.15) is 10.4 Å². The number of alkyl halides is 2. The van der Waals surface area contributed by atoms with E-state index in [1.807, 2.05) is 0 Å². The number of ether oxygens (including phenoxy) is 2. The Morgan fingerprint density at radius 3 is 2.54 bits per heavy atom. The van der Waals surface area contributed by atoms with E-state index in [-0.39, 0.29) is 21.5 Å². The molecule has 0 aliphatic heterocycles. The molecule has 0 radical (unpaired) electrons. The summed E-state index contributed by atoms with van der Waals surface area (Å²) in [5.74, 6) is -3.97. The van der Waals surface area contributed by atoms with Crippen LogP contribution in [0, 0.1) is 11.6 Å². The Morgan fingerprint density at radius 2 is 1.88 bits per heavy atom. The quantitative estimate of drug-likeness (QED) is 0.547. The molecule has 2 rings (SSSR count).